The molecule has 200 valence electrons. The molecule has 0 N–H and O–H groups in total. The Morgan fingerprint density at radius 3 is 1.31 bits per heavy atom. The van der Waals surface area contributed by atoms with Crippen LogP contribution in [0.25, 0.3) is 0 Å². The molecule has 0 fully saturated rings. The molecule has 0 spiro atoms. The van der Waals surface area contributed by atoms with Gasteiger partial charge < -0.3 is 9.05 Å². The average Bonchev–Trinajstić information content (AvgIpc) is 2.65. The lowest BCUT2D eigenvalue weighted by molar-refractivity contribution is 0.214. The van der Waals surface area contributed by atoms with Gasteiger partial charge in [-0.1, -0.05) is 107 Å². The molecule has 2 aromatic carbocycles. The van der Waals surface area contributed by atoms with Gasteiger partial charge in [-0.2, -0.15) is 0 Å². The molecule has 0 radical (unpaired) electrons. The summed E-state index contributed by atoms with van der Waals surface area (Å²) in [5, 5.41) is 0. The van der Waals surface area contributed by atoms with E-state index < -0.39 is 7.82 Å². The van der Waals surface area contributed by atoms with Crippen molar-refractivity contribution < 1.29 is 18.1 Å². The van der Waals surface area contributed by atoms with Gasteiger partial charge in [0, 0.05) is 17.5 Å². The summed E-state index contributed by atoms with van der Waals surface area (Å²) in [6.45, 7) is 28.3. The second kappa shape index (κ2) is 9.21. The smallest absolute Gasteiger partial charge is 0.394 e. The normalized spacial score (nSPS) is 16.2. The Labute approximate surface area is 219 Å². The van der Waals surface area contributed by atoms with Crippen molar-refractivity contribution in [3.63, 3.8) is 0 Å². The molecular weight excluding hydrogens is 467 g/mol. The summed E-state index contributed by atoms with van der Waals surface area (Å²) in [5.41, 5.74) is 5.96. The summed E-state index contributed by atoms with van der Waals surface area (Å²) >= 11 is 0. The van der Waals surface area contributed by atoms with Crippen LogP contribution >= 0.6 is 7.82 Å². The van der Waals surface area contributed by atoms with Crippen LogP contribution in [0.1, 0.15) is 123 Å². The maximum Gasteiger partial charge on any atom is 0.587 e. The van der Waals surface area contributed by atoms with Gasteiger partial charge in [0.2, 0.25) is 0 Å². The maximum absolute atomic E-state index is 14.2. The zero-order chi connectivity index (χ0) is 27.5. The third-order valence-electron chi connectivity index (χ3n) is 6.75. The fourth-order valence-electron chi connectivity index (χ4n) is 4.49. The Hall–Kier alpha value is -1.77. The molecule has 1 aliphatic heterocycles. The lowest BCUT2D eigenvalue weighted by atomic mass is 9.76. The fourth-order valence-corrected chi connectivity index (χ4v) is 5.83. The summed E-state index contributed by atoms with van der Waals surface area (Å²) in [6.07, 6.45) is 0.622. The number of phosphoric acid groups is 1. The molecule has 0 amide bonds. The Morgan fingerprint density at radius 1 is 0.667 bits per heavy atom. The first kappa shape index (κ1) is 28.8. The van der Waals surface area contributed by atoms with Crippen LogP contribution in [0.4, 0.5) is 0 Å². The predicted octanol–water partition coefficient (Wildman–Crippen LogP) is 9.38. The molecule has 0 aliphatic carbocycles. The zero-order valence-corrected chi connectivity index (χ0v) is 25.7. The highest BCUT2D eigenvalue weighted by atomic mass is 31.2. The second-order valence-electron chi connectivity index (χ2n) is 14.2. The third-order valence-corrected chi connectivity index (χ3v) is 8.14. The molecule has 0 atom stereocenters. The highest BCUT2D eigenvalue weighted by Crippen LogP contribution is 2.57. The van der Waals surface area contributed by atoms with Gasteiger partial charge in [-0.15, -0.1) is 0 Å². The zero-order valence-electron chi connectivity index (χ0n) is 24.8. The number of hydrogen-bond acceptors (Lipinski definition) is 4. The van der Waals surface area contributed by atoms with Crippen LogP contribution < -0.4 is 9.05 Å². The van der Waals surface area contributed by atoms with Crippen LogP contribution in [-0.2, 0) is 37.2 Å². The van der Waals surface area contributed by atoms with Gasteiger partial charge in [0.15, 0.2) is 0 Å². The van der Waals surface area contributed by atoms with Gasteiger partial charge in [0.25, 0.3) is 0 Å². The number of fused-ring (bicyclic) bond motifs is 2. The quantitative estimate of drug-likeness (QED) is 0.375. The third kappa shape index (κ3) is 6.03. The first-order chi connectivity index (χ1) is 16.2. The van der Waals surface area contributed by atoms with E-state index in [1.165, 1.54) is 11.1 Å². The fraction of sp³-hybridized carbons (Fsp3) is 0.613. The van der Waals surface area contributed by atoms with E-state index in [9.17, 15) is 4.57 Å². The summed E-state index contributed by atoms with van der Waals surface area (Å²) in [4.78, 5) is 0. The summed E-state index contributed by atoms with van der Waals surface area (Å²) in [7, 11) is -3.95. The highest BCUT2D eigenvalue weighted by molar-refractivity contribution is 7.49. The van der Waals surface area contributed by atoms with Crippen LogP contribution in [0.3, 0.4) is 0 Å². The monoisotopic (exact) mass is 514 g/mol. The molecule has 0 saturated heterocycles. The Kier molecular flexibility index (Phi) is 7.36. The van der Waals surface area contributed by atoms with Crippen molar-refractivity contribution in [2.75, 3.05) is 6.61 Å². The van der Waals surface area contributed by atoms with E-state index in [1.54, 1.807) is 0 Å². The van der Waals surface area contributed by atoms with Crippen LogP contribution in [0, 0.1) is 0 Å². The lowest BCUT2D eigenvalue weighted by Gasteiger charge is -2.34. The molecule has 0 unspecified atom stereocenters. The van der Waals surface area contributed by atoms with E-state index >= 15 is 0 Å². The van der Waals surface area contributed by atoms with Crippen molar-refractivity contribution in [3.8, 4) is 11.5 Å². The SMILES string of the molecule is CCOP1(=O)Oc2c(cc(C(C)(C)C)cc2C(C)(C)C)Cc2cc(C(C)(C)C)cc(C(C)(C)C)c2O1. The topological polar surface area (TPSA) is 44.8 Å². The minimum absolute atomic E-state index is 0.0514. The Morgan fingerprint density at radius 2 is 1.03 bits per heavy atom. The molecule has 36 heavy (non-hydrogen) atoms. The van der Waals surface area contributed by atoms with Crippen LogP contribution in [0.2, 0.25) is 0 Å². The number of rotatable bonds is 2. The Balaban J connectivity index is 2.47. The van der Waals surface area contributed by atoms with Gasteiger partial charge in [-0.3, -0.25) is 4.52 Å². The second-order valence-corrected chi connectivity index (χ2v) is 15.8. The van der Waals surface area contributed by atoms with Crippen molar-refractivity contribution in [1.82, 2.24) is 0 Å². The standard InChI is InChI=1S/C31H47O4P/c1-14-33-36(32)34-26-20(16-22(28(2,3)4)18-24(26)30(8,9)10)15-21-17-23(29(5,6)7)19-25(27(21)35-36)31(11,12)13/h16-19H,14-15H2,1-13H3. The Bertz CT molecular complexity index is 1090. The minimum atomic E-state index is -3.95. The van der Waals surface area contributed by atoms with Crippen molar-refractivity contribution in [2.45, 2.75) is 118 Å². The minimum Gasteiger partial charge on any atom is -0.394 e. The maximum atomic E-state index is 14.2. The van der Waals surface area contributed by atoms with E-state index in [2.05, 4.69) is 107 Å². The predicted molar refractivity (Wildman–Crippen MR) is 151 cm³/mol. The van der Waals surface area contributed by atoms with Gasteiger partial charge in [0.1, 0.15) is 11.5 Å². The largest absolute Gasteiger partial charge is 0.587 e. The molecule has 0 saturated carbocycles. The van der Waals surface area contributed by atoms with E-state index in [1.807, 2.05) is 6.92 Å². The lowest BCUT2D eigenvalue weighted by Crippen LogP contribution is -2.23. The molecule has 5 heteroatoms. The molecule has 4 nitrogen and oxygen atoms in total. The van der Waals surface area contributed by atoms with Crippen molar-refractivity contribution in [3.05, 3.63) is 57.6 Å². The van der Waals surface area contributed by atoms with E-state index in [4.69, 9.17) is 13.6 Å². The van der Waals surface area contributed by atoms with Crippen molar-refractivity contribution >= 4 is 7.82 Å². The van der Waals surface area contributed by atoms with Gasteiger partial charge in [0.05, 0.1) is 6.61 Å². The molecule has 1 heterocycles. The summed E-state index contributed by atoms with van der Waals surface area (Å²) < 4.78 is 32.6. The summed E-state index contributed by atoms with van der Waals surface area (Å²) in [6, 6.07) is 8.83. The number of phosphoric ester groups is 1. The molecule has 0 aromatic heterocycles. The molecular formula is C31H47O4P. The number of benzene rings is 2. The number of hydrogen-bond donors (Lipinski definition) is 0. The van der Waals surface area contributed by atoms with Gasteiger partial charge >= 0.3 is 7.82 Å². The molecule has 0 bridgehead atoms. The van der Waals surface area contributed by atoms with E-state index in [-0.39, 0.29) is 28.3 Å². The van der Waals surface area contributed by atoms with Crippen LogP contribution in [0.15, 0.2) is 24.3 Å². The first-order valence-corrected chi connectivity index (χ1v) is 14.6. The van der Waals surface area contributed by atoms with Gasteiger partial charge in [-0.05, 0) is 50.8 Å². The van der Waals surface area contributed by atoms with E-state index in [0.717, 1.165) is 22.3 Å². The first-order valence-electron chi connectivity index (χ1n) is 13.2. The van der Waals surface area contributed by atoms with Crippen molar-refractivity contribution in [2.24, 2.45) is 0 Å². The van der Waals surface area contributed by atoms with E-state index in [0.29, 0.717) is 17.9 Å². The van der Waals surface area contributed by atoms with Crippen LogP contribution in [-0.4, -0.2) is 6.61 Å². The summed E-state index contributed by atoms with van der Waals surface area (Å²) in [5.74, 6) is 1.24. The van der Waals surface area contributed by atoms with Crippen LogP contribution in [0.5, 0.6) is 11.5 Å². The highest BCUT2D eigenvalue weighted by Gasteiger charge is 2.40. The average molecular weight is 515 g/mol. The molecule has 1 aliphatic rings. The van der Waals surface area contributed by atoms with Gasteiger partial charge in [-0.25, -0.2) is 4.57 Å². The van der Waals surface area contributed by atoms with Crippen molar-refractivity contribution in [1.29, 1.82) is 0 Å². The molecule has 2 aromatic rings. The molecule has 3 rings (SSSR count).